The molecular weight excluding hydrogens is 374 g/mol. The molecule has 0 bridgehead atoms. The van der Waals surface area contributed by atoms with Crippen molar-refractivity contribution in [2.24, 2.45) is 11.8 Å². The molecule has 0 radical (unpaired) electrons. The summed E-state index contributed by atoms with van der Waals surface area (Å²) in [6.07, 6.45) is 3.80. The molecule has 2 aromatic carbocycles. The summed E-state index contributed by atoms with van der Waals surface area (Å²) in [4.78, 5) is 4.94. The maximum atomic E-state index is 5.77. The molecule has 3 aromatic rings. The number of methoxy groups -OCH3 is 1. The molecule has 160 valence electrons. The molecule has 0 saturated heterocycles. The lowest BCUT2D eigenvalue weighted by atomic mass is 9.80. The highest BCUT2D eigenvalue weighted by Crippen LogP contribution is 2.40. The van der Waals surface area contributed by atoms with E-state index in [2.05, 4.69) is 29.8 Å². The van der Waals surface area contributed by atoms with Crippen molar-refractivity contribution >= 4 is 22.7 Å². The molecule has 5 nitrogen and oxygen atoms in total. The van der Waals surface area contributed by atoms with Crippen molar-refractivity contribution < 1.29 is 9.47 Å². The average Bonchev–Trinajstić information content (AvgIpc) is 3.05. The molecular formula is C25H33N3O2. The van der Waals surface area contributed by atoms with Gasteiger partial charge in [0.2, 0.25) is 5.95 Å². The number of hydrogen-bond acceptors (Lipinski definition) is 4. The summed E-state index contributed by atoms with van der Waals surface area (Å²) in [6, 6.07) is 14.7. The van der Waals surface area contributed by atoms with Crippen molar-refractivity contribution in [2.45, 2.75) is 59.1 Å². The Morgan fingerprint density at radius 2 is 1.63 bits per heavy atom. The zero-order chi connectivity index (χ0) is 21.3. The first-order valence-corrected chi connectivity index (χ1v) is 11.0. The molecule has 0 spiro atoms. The van der Waals surface area contributed by atoms with Crippen LogP contribution in [0.25, 0.3) is 11.0 Å². The van der Waals surface area contributed by atoms with Crippen LogP contribution < -0.4 is 14.8 Å². The van der Waals surface area contributed by atoms with Crippen molar-refractivity contribution in [1.29, 1.82) is 0 Å². The molecule has 30 heavy (non-hydrogen) atoms. The van der Waals surface area contributed by atoms with E-state index in [0.29, 0.717) is 17.9 Å². The molecule has 1 heterocycles. The Labute approximate surface area is 179 Å². The zero-order valence-corrected chi connectivity index (χ0v) is 18.7. The van der Waals surface area contributed by atoms with Crippen LogP contribution in [0, 0.1) is 11.8 Å². The topological polar surface area (TPSA) is 48.3 Å². The zero-order valence-electron chi connectivity index (χ0n) is 18.7. The Kier molecular flexibility index (Phi) is 5.89. The van der Waals surface area contributed by atoms with Crippen LogP contribution in [0.1, 0.15) is 53.0 Å². The van der Waals surface area contributed by atoms with E-state index in [4.69, 9.17) is 14.5 Å². The second kappa shape index (κ2) is 8.58. The smallest absolute Gasteiger partial charge is 0.208 e. The van der Waals surface area contributed by atoms with Crippen LogP contribution in [-0.2, 0) is 0 Å². The number of aromatic nitrogens is 2. The molecule has 2 unspecified atom stereocenters. The molecule has 1 N–H and O–H groups in total. The van der Waals surface area contributed by atoms with E-state index in [1.807, 2.05) is 50.2 Å². The molecule has 5 heteroatoms. The van der Waals surface area contributed by atoms with Gasteiger partial charge in [-0.2, -0.15) is 0 Å². The normalized spacial score (nSPS) is 21.7. The Bertz CT molecular complexity index is 984. The predicted molar refractivity (Wildman–Crippen MR) is 123 cm³/mol. The van der Waals surface area contributed by atoms with E-state index in [-0.39, 0.29) is 6.10 Å². The number of imidazole rings is 1. The Morgan fingerprint density at radius 3 is 2.27 bits per heavy atom. The van der Waals surface area contributed by atoms with Gasteiger partial charge < -0.3 is 19.4 Å². The third kappa shape index (κ3) is 4.40. The molecule has 0 aliphatic heterocycles. The number of anilines is 2. The molecule has 1 saturated carbocycles. The number of rotatable bonds is 6. The maximum Gasteiger partial charge on any atom is 0.208 e. The quantitative estimate of drug-likeness (QED) is 0.502. The van der Waals surface area contributed by atoms with Crippen molar-refractivity contribution in [2.75, 3.05) is 12.4 Å². The molecule has 1 aliphatic rings. The highest BCUT2D eigenvalue weighted by molar-refractivity contribution is 5.81. The van der Waals surface area contributed by atoms with E-state index < -0.39 is 0 Å². The van der Waals surface area contributed by atoms with Crippen molar-refractivity contribution in [3.63, 3.8) is 0 Å². The van der Waals surface area contributed by atoms with Crippen LogP contribution in [0.4, 0.5) is 11.6 Å². The lowest BCUT2D eigenvalue weighted by molar-refractivity contribution is 0.226. The third-order valence-corrected chi connectivity index (χ3v) is 5.90. The van der Waals surface area contributed by atoms with E-state index in [1.165, 1.54) is 19.3 Å². The van der Waals surface area contributed by atoms with Crippen LogP contribution in [-0.4, -0.2) is 22.8 Å². The lowest BCUT2D eigenvalue weighted by Gasteiger charge is -2.33. The monoisotopic (exact) mass is 407 g/mol. The fourth-order valence-corrected chi connectivity index (χ4v) is 4.79. The maximum absolute atomic E-state index is 5.77. The molecule has 1 aliphatic carbocycles. The SMILES string of the molecule is COc1ccc2nc(Nc3ccc(OC(C)C)cc3)n(C3CC(C)CC(C)C3)c2c1. The molecule has 2 atom stereocenters. The predicted octanol–water partition coefficient (Wildman–Crippen LogP) is 6.57. The summed E-state index contributed by atoms with van der Waals surface area (Å²) < 4.78 is 13.7. The van der Waals surface area contributed by atoms with E-state index in [1.54, 1.807) is 7.11 Å². The molecule has 4 rings (SSSR count). The van der Waals surface area contributed by atoms with Crippen LogP contribution in [0.15, 0.2) is 42.5 Å². The number of nitrogens with zero attached hydrogens (tertiary/aromatic N) is 2. The average molecular weight is 408 g/mol. The van der Waals surface area contributed by atoms with Gasteiger partial charge in [0.1, 0.15) is 11.5 Å². The largest absolute Gasteiger partial charge is 0.497 e. The molecule has 1 aromatic heterocycles. The number of hydrogen-bond donors (Lipinski definition) is 1. The summed E-state index contributed by atoms with van der Waals surface area (Å²) in [7, 11) is 1.71. The lowest BCUT2D eigenvalue weighted by Crippen LogP contribution is -2.23. The minimum atomic E-state index is 0.165. The van der Waals surface area contributed by atoms with Gasteiger partial charge in [-0.15, -0.1) is 0 Å². The summed E-state index contributed by atoms with van der Waals surface area (Å²) >= 11 is 0. The summed E-state index contributed by atoms with van der Waals surface area (Å²) in [6.45, 7) is 8.80. The fourth-order valence-electron chi connectivity index (χ4n) is 4.79. The highest BCUT2D eigenvalue weighted by Gasteiger charge is 2.28. The Morgan fingerprint density at radius 1 is 0.967 bits per heavy atom. The van der Waals surface area contributed by atoms with Gasteiger partial charge in [0.25, 0.3) is 0 Å². The van der Waals surface area contributed by atoms with Gasteiger partial charge in [-0.3, -0.25) is 0 Å². The first-order chi connectivity index (χ1) is 14.4. The highest BCUT2D eigenvalue weighted by atomic mass is 16.5. The summed E-state index contributed by atoms with van der Waals surface area (Å²) in [5.41, 5.74) is 3.12. The minimum Gasteiger partial charge on any atom is -0.497 e. The first kappa shape index (κ1) is 20.6. The van der Waals surface area contributed by atoms with Gasteiger partial charge in [-0.1, -0.05) is 13.8 Å². The van der Waals surface area contributed by atoms with Crippen molar-refractivity contribution in [3.8, 4) is 11.5 Å². The van der Waals surface area contributed by atoms with E-state index in [9.17, 15) is 0 Å². The van der Waals surface area contributed by atoms with Crippen LogP contribution in [0.5, 0.6) is 11.5 Å². The number of fused-ring (bicyclic) bond motifs is 1. The van der Waals surface area contributed by atoms with Gasteiger partial charge in [-0.25, -0.2) is 4.98 Å². The van der Waals surface area contributed by atoms with E-state index >= 15 is 0 Å². The standard InChI is InChI=1S/C25H33N3O2/c1-16(2)30-21-8-6-19(7-9-21)26-25-27-23-11-10-22(29-5)15-24(23)28(25)20-13-17(3)12-18(4)14-20/h6-11,15-18,20H,12-14H2,1-5H3,(H,26,27). The van der Waals surface area contributed by atoms with Crippen LogP contribution in [0.2, 0.25) is 0 Å². The first-order valence-electron chi connectivity index (χ1n) is 11.0. The Balaban J connectivity index is 1.71. The molecule has 0 amide bonds. The van der Waals surface area contributed by atoms with Gasteiger partial charge in [0, 0.05) is 17.8 Å². The van der Waals surface area contributed by atoms with Crippen LogP contribution >= 0.6 is 0 Å². The van der Waals surface area contributed by atoms with Gasteiger partial charge in [0.15, 0.2) is 0 Å². The number of nitrogens with one attached hydrogen (secondary N) is 1. The number of ether oxygens (including phenoxy) is 2. The third-order valence-electron chi connectivity index (χ3n) is 5.90. The second-order valence-corrected chi connectivity index (χ2v) is 9.05. The van der Waals surface area contributed by atoms with Crippen molar-refractivity contribution in [1.82, 2.24) is 9.55 Å². The van der Waals surface area contributed by atoms with E-state index in [0.717, 1.165) is 34.2 Å². The minimum absolute atomic E-state index is 0.165. The number of benzene rings is 2. The summed E-state index contributed by atoms with van der Waals surface area (Å²) in [5, 5.41) is 3.56. The van der Waals surface area contributed by atoms with Gasteiger partial charge in [0.05, 0.1) is 24.2 Å². The van der Waals surface area contributed by atoms with Crippen LogP contribution in [0.3, 0.4) is 0 Å². The molecule has 1 fully saturated rings. The fraction of sp³-hybridized carbons (Fsp3) is 0.480. The summed E-state index contributed by atoms with van der Waals surface area (Å²) in [5.74, 6) is 4.05. The second-order valence-electron chi connectivity index (χ2n) is 9.05. The van der Waals surface area contributed by atoms with Gasteiger partial charge >= 0.3 is 0 Å². The van der Waals surface area contributed by atoms with Crippen molar-refractivity contribution in [3.05, 3.63) is 42.5 Å². The van der Waals surface area contributed by atoms with Gasteiger partial charge in [-0.05, 0) is 81.3 Å². The Hall–Kier alpha value is -2.69.